The number of aryl methyl sites for hydroxylation is 1. The molecule has 1 aromatic heterocycles. The molecule has 0 aliphatic carbocycles. The van der Waals surface area contributed by atoms with Crippen LogP contribution in [-0.4, -0.2) is 35.5 Å². The van der Waals surface area contributed by atoms with Crippen molar-refractivity contribution in [2.75, 3.05) is 29.9 Å². The molecule has 2 aliphatic rings. The van der Waals surface area contributed by atoms with Gasteiger partial charge in [0.05, 0.1) is 11.7 Å². The molecule has 26 heavy (non-hydrogen) atoms. The predicted octanol–water partition coefficient (Wildman–Crippen LogP) is 4.36. The topological polar surface area (TPSA) is 48.5 Å². The summed E-state index contributed by atoms with van der Waals surface area (Å²) < 4.78 is 0. The maximum absolute atomic E-state index is 13.0. The summed E-state index contributed by atoms with van der Waals surface area (Å²) in [6.07, 6.45) is 6.23. The molecule has 0 radical (unpaired) electrons. The van der Waals surface area contributed by atoms with Gasteiger partial charge in [0, 0.05) is 25.8 Å². The zero-order valence-corrected chi connectivity index (χ0v) is 15.3. The van der Waals surface area contributed by atoms with Crippen LogP contribution < -0.4 is 10.2 Å². The van der Waals surface area contributed by atoms with E-state index in [1.54, 1.807) is 6.20 Å². The molecule has 1 atom stereocenters. The average Bonchev–Trinajstić information content (AvgIpc) is 3.34. The Morgan fingerprint density at radius 1 is 1.08 bits per heavy atom. The van der Waals surface area contributed by atoms with Crippen molar-refractivity contribution in [1.82, 2.24) is 9.88 Å². The number of likely N-dealkylation sites (tertiary alicyclic amines) is 1. The Bertz CT molecular complexity index is 785. The Kier molecular flexibility index (Phi) is 4.78. The Morgan fingerprint density at radius 2 is 1.88 bits per heavy atom. The Labute approximate surface area is 155 Å². The smallest absolute Gasteiger partial charge is 0.322 e. The van der Waals surface area contributed by atoms with Gasteiger partial charge < -0.3 is 15.1 Å². The summed E-state index contributed by atoms with van der Waals surface area (Å²) in [6, 6.07) is 12.4. The molecule has 136 valence electrons. The van der Waals surface area contributed by atoms with Crippen LogP contribution in [0.2, 0.25) is 0 Å². The normalized spacial score (nSPS) is 19.8. The second-order valence-electron chi connectivity index (χ2n) is 7.21. The maximum atomic E-state index is 13.0. The van der Waals surface area contributed by atoms with E-state index >= 15 is 0 Å². The zero-order chi connectivity index (χ0) is 17.9. The molecule has 4 rings (SSSR count). The number of rotatable bonds is 3. The summed E-state index contributed by atoms with van der Waals surface area (Å²) in [7, 11) is 0. The molecule has 1 aromatic carbocycles. The van der Waals surface area contributed by atoms with Gasteiger partial charge in [-0.25, -0.2) is 9.78 Å². The molecule has 1 N–H and O–H groups in total. The number of hydrogen-bond acceptors (Lipinski definition) is 3. The fourth-order valence-corrected chi connectivity index (χ4v) is 4.16. The van der Waals surface area contributed by atoms with Gasteiger partial charge in [-0.15, -0.1) is 0 Å². The highest BCUT2D eigenvalue weighted by Gasteiger charge is 2.31. The summed E-state index contributed by atoms with van der Waals surface area (Å²) in [5.74, 6) is 0.894. The monoisotopic (exact) mass is 350 g/mol. The average molecular weight is 350 g/mol. The molecule has 5 heteroatoms. The van der Waals surface area contributed by atoms with E-state index in [1.165, 1.54) is 24.0 Å². The van der Waals surface area contributed by atoms with Crippen molar-refractivity contribution in [2.24, 2.45) is 0 Å². The molecular weight excluding hydrogens is 324 g/mol. The van der Waals surface area contributed by atoms with Gasteiger partial charge >= 0.3 is 6.03 Å². The molecule has 3 heterocycles. The molecule has 0 unspecified atom stereocenters. The number of pyridine rings is 1. The van der Waals surface area contributed by atoms with Gasteiger partial charge in [-0.05, 0) is 55.9 Å². The van der Waals surface area contributed by atoms with Gasteiger partial charge in [0.25, 0.3) is 0 Å². The number of nitrogens with zero attached hydrogens (tertiary/aromatic N) is 3. The first-order valence-corrected chi connectivity index (χ1v) is 9.57. The Hall–Kier alpha value is -2.56. The first kappa shape index (κ1) is 16.9. The third-order valence-electron chi connectivity index (χ3n) is 5.50. The highest BCUT2D eigenvalue weighted by atomic mass is 16.2. The van der Waals surface area contributed by atoms with E-state index in [0.717, 1.165) is 44.0 Å². The fraction of sp³-hybridized carbons (Fsp3) is 0.429. The van der Waals surface area contributed by atoms with Crippen molar-refractivity contribution in [3.63, 3.8) is 0 Å². The summed E-state index contributed by atoms with van der Waals surface area (Å²) in [4.78, 5) is 21.8. The third-order valence-corrected chi connectivity index (χ3v) is 5.50. The van der Waals surface area contributed by atoms with E-state index < -0.39 is 0 Å². The van der Waals surface area contributed by atoms with Gasteiger partial charge in [-0.1, -0.05) is 24.3 Å². The molecule has 0 saturated carbocycles. The minimum Gasteiger partial charge on any atom is -0.355 e. The number of carbonyl (C=O) groups excluding carboxylic acids is 1. The van der Waals surface area contributed by atoms with Crippen molar-refractivity contribution in [2.45, 2.75) is 38.6 Å². The molecule has 5 nitrogen and oxygen atoms in total. The second kappa shape index (κ2) is 7.36. The molecule has 2 fully saturated rings. The number of anilines is 2. The lowest BCUT2D eigenvalue weighted by molar-refractivity contribution is 0.207. The highest BCUT2D eigenvalue weighted by Crippen LogP contribution is 2.34. The quantitative estimate of drug-likeness (QED) is 0.895. The van der Waals surface area contributed by atoms with E-state index in [2.05, 4.69) is 46.4 Å². The number of urea groups is 1. The van der Waals surface area contributed by atoms with E-state index in [4.69, 9.17) is 0 Å². The number of aromatic nitrogens is 1. The second-order valence-corrected chi connectivity index (χ2v) is 7.21. The summed E-state index contributed by atoms with van der Waals surface area (Å²) >= 11 is 0. The molecule has 2 aromatic rings. The van der Waals surface area contributed by atoms with Crippen LogP contribution in [-0.2, 0) is 0 Å². The fourth-order valence-electron chi connectivity index (χ4n) is 4.16. The maximum Gasteiger partial charge on any atom is 0.322 e. The molecule has 0 spiro atoms. The van der Waals surface area contributed by atoms with Crippen molar-refractivity contribution >= 4 is 17.5 Å². The van der Waals surface area contributed by atoms with Crippen LogP contribution in [0, 0.1) is 6.92 Å². The largest absolute Gasteiger partial charge is 0.355 e. The van der Waals surface area contributed by atoms with Gasteiger partial charge in [0.2, 0.25) is 0 Å². The number of carbonyl (C=O) groups is 1. The number of nitrogens with one attached hydrogen (secondary N) is 1. The van der Waals surface area contributed by atoms with Gasteiger partial charge in [0.1, 0.15) is 0 Å². The lowest BCUT2D eigenvalue weighted by atomic mass is 9.99. The summed E-state index contributed by atoms with van der Waals surface area (Å²) in [6.45, 7) is 4.94. The van der Waals surface area contributed by atoms with Gasteiger partial charge in [0.15, 0.2) is 5.82 Å². The standard InChI is InChI=1S/C21H26N4O/c1-16-8-2-3-9-17(16)19-11-7-15-25(19)21(26)23-18-10-6-12-22-20(18)24-13-4-5-14-24/h2-3,6,8-10,12,19H,4-5,7,11,13-15H2,1H3,(H,23,26)/t19-/m0/s1. The molecule has 2 saturated heterocycles. The SMILES string of the molecule is Cc1ccccc1[C@@H]1CCCN1C(=O)Nc1cccnc1N1CCCC1. The predicted molar refractivity (Wildman–Crippen MR) is 105 cm³/mol. The zero-order valence-electron chi connectivity index (χ0n) is 15.3. The molecule has 0 bridgehead atoms. The van der Waals surface area contributed by atoms with E-state index in [-0.39, 0.29) is 12.1 Å². The van der Waals surface area contributed by atoms with Crippen LogP contribution in [0.15, 0.2) is 42.6 Å². The lowest BCUT2D eigenvalue weighted by Gasteiger charge is -2.27. The van der Waals surface area contributed by atoms with Crippen LogP contribution in [0.4, 0.5) is 16.3 Å². The number of benzene rings is 1. The minimum atomic E-state index is -0.0239. The van der Waals surface area contributed by atoms with Gasteiger partial charge in [-0.2, -0.15) is 0 Å². The van der Waals surface area contributed by atoms with Crippen LogP contribution in [0.1, 0.15) is 42.9 Å². The summed E-state index contributed by atoms with van der Waals surface area (Å²) in [5.41, 5.74) is 3.32. The molecular formula is C21H26N4O. The third kappa shape index (κ3) is 3.26. The minimum absolute atomic E-state index is 0.0239. The van der Waals surface area contributed by atoms with Crippen LogP contribution >= 0.6 is 0 Å². The van der Waals surface area contributed by atoms with Crippen LogP contribution in [0.3, 0.4) is 0 Å². The van der Waals surface area contributed by atoms with Crippen molar-refractivity contribution in [1.29, 1.82) is 0 Å². The molecule has 2 aliphatic heterocycles. The lowest BCUT2D eigenvalue weighted by Crippen LogP contribution is -2.35. The first-order valence-electron chi connectivity index (χ1n) is 9.57. The highest BCUT2D eigenvalue weighted by molar-refractivity contribution is 5.93. The van der Waals surface area contributed by atoms with E-state index in [9.17, 15) is 4.79 Å². The van der Waals surface area contributed by atoms with Gasteiger partial charge in [-0.3, -0.25) is 0 Å². The first-order chi connectivity index (χ1) is 12.7. The van der Waals surface area contributed by atoms with E-state index in [0.29, 0.717) is 0 Å². The van der Waals surface area contributed by atoms with Crippen molar-refractivity contribution in [3.8, 4) is 0 Å². The Balaban J connectivity index is 1.54. The number of amides is 2. The number of hydrogen-bond donors (Lipinski definition) is 1. The van der Waals surface area contributed by atoms with Crippen LogP contribution in [0.25, 0.3) is 0 Å². The summed E-state index contributed by atoms with van der Waals surface area (Å²) in [5, 5.41) is 3.13. The Morgan fingerprint density at radius 3 is 2.69 bits per heavy atom. The van der Waals surface area contributed by atoms with E-state index in [1.807, 2.05) is 17.0 Å². The van der Waals surface area contributed by atoms with Crippen molar-refractivity contribution in [3.05, 3.63) is 53.7 Å². The van der Waals surface area contributed by atoms with Crippen LogP contribution in [0.5, 0.6) is 0 Å². The van der Waals surface area contributed by atoms with Crippen molar-refractivity contribution < 1.29 is 4.79 Å². The molecule has 2 amide bonds.